The molecule has 2 fully saturated rings. The third-order valence-electron chi connectivity index (χ3n) is 6.43. The molecule has 1 unspecified atom stereocenters. The first kappa shape index (κ1) is 19.4. The first-order valence-electron chi connectivity index (χ1n) is 10.3. The second-order valence-corrected chi connectivity index (χ2v) is 8.26. The van der Waals surface area contributed by atoms with Gasteiger partial charge in [0.05, 0.1) is 24.0 Å². The molecule has 8 heteroatoms. The van der Waals surface area contributed by atoms with Gasteiger partial charge in [0.1, 0.15) is 17.6 Å². The molecule has 7 nitrogen and oxygen atoms in total. The molecule has 0 spiro atoms. The van der Waals surface area contributed by atoms with Gasteiger partial charge in [0.25, 0.3) is 0 Å². The van der Waals surface area contributed by atoms with Gasteiger partial charge in [0.2, 0.25) is 5.91 Å². The number of nitriles is 1. The highest BCUT2D eigenvalue weighted by atomic mass is 19.1. The summed E-state index contributed by atoms with van der Waals surface area (Å²) in [7, 11) is 0. The van der Waals surface area contributed by atoms with Crippen LogP contribution in [0.2, 0.25) is 0 Å². The van der Waals surface area contributed by atoms with Crippen LogP contribution in [-0.4, -0.2) is 27.0 Å². The van der Waals surface area contributed by atoms with Crippen molar-refractivity contribution in [3.8, 4) is 11.8 Å². The average Bonchev–Trinajstić information content (AvgIpc) is 3.28. The summed E-state index contributed by atoms with van der Waals surface area (Å²) in [6.45, 7) is 1.93. The number of hydrogen-bond donors (Lipinski definition) is 1. The van der Waals surface area contributed by atoms with E-state index in [4.69, 9.17) is 10.00 Å². The zero-order valence-electron chi connectivity index (χ0n) is 16.8. The fourth-order valence-electron chi connectivity index (χ4n) is 4.92. The predicted molar refractivity (Wildman–Crippen MR) is 110 cm³/mol. The Morgan fingerprint density at radius 2 is 2.03 bits per heavy atom. The number of carbonyl (C=O) groups is 1. The highest BCUT2D eigenvalue weighted by Crippen LogP contribution is 2.61. The third-order valence-corrected chi connectivity index (χ3v) is 6.43. The monoisotopic (exact) mass is 417 g/mol. The second-order valence-electron chi connectivity index (χ2n) is 8.26. The molecule has 0 saturated heterocycles. The van der Waals surface area contributed by atoms with E-state index in [9.17, 15) is 9.18 Å². The molecule has 1 N–H and O–H groups in total. The topological polar surface area (TPSA) is 101 Å². The SMILES string of the molecule is CC(C(=O)Nc1cnc(C#N)cn1)[C@@H]1[C@@H]2C[C@@H](Oc3ccnc4ccc(F)cc34)C[C@@H]21. The fourth-order valence-corrected chi connectivity index (χ4v) is 4.92. The van der Waals surface area contributed by atoms with Crippen molar-refractivity contribution in [1.29, 1.82) is 5.26 Å². The van der Waals surface area contributed by atoms with Crippen LogP contribution >= 0.6 is 0 Å². The van der Waals surface area contributed by atoms with Gasteiger partial charge in [-0.15, -0.1) is 0 Å². The summed E-state index contributed by atoms with van der Waals surface area (Å²) in [5, 5.41) is 12.2. The van der Waals surface area contributed by atoms with Crippen LogP contribution in [0.15, 0.2) is 42.9 Å². The van der Waals surface area contributed by atoms with Crippen molar-refractivity contribution in [2.75, 3.05) is 5.32 Å². The van der Waals surface area contributed by atoms with E-state index in [0.717, 1.165) is 12.8 Å². The first-order chi connectivity index (χ1) is 15.0. The Hall–Kier alpha value is -3.60. The van der Waals surface area contributed by atoms with E-state index >= 15 is 0 Å². The molecule has 5 atom stereocenters. The molecule has 0 radical (unpaired) electrons. The fraction of sp³-hybridized carbons (Fsp3) is 0.348. The van der Waals surface area contributed by atoms with E-state index in [-0.39, 0.29) is 29.4 Å². The number of hydrogen-bond acceptors (Lipinski definition) is 6. The van der Waals surface area contributed by atoms with Crippen LogP contribution in [0, 0.1) is 40.8 Å². The highest BCUT2D eigenvalue weighted by molar-refractivity contribution is 5.91. The van der Waals surface area contributed by atoms with Gasteiger partial charge in [-0.2, -0.15) is 5.26 Å². The third kappa shape index (κ3) is 3.67. The Bertz CT molecular complexity index is 1180. The summed E-state index contributed by atoms with van der Waals surface area (Å²) in [4.78, 5) is 24.8. The summed E-state index contributed by atoms with van der Waals surface area (Å²) in [5.41, 5.74) is 0.912. The van der Waals surface area contributed by atoms with Crippen molar-refractivity contribution in [1.82, 2.24) is 15.0 Å². The van der Waals surface area contributed by atoms with Gasteiger partial charge in [-0.1, -0.05) is 6.92 Å². The number of aromatic nitrogens is 3. The van der Waals surface area contributed by atoms with Crippen molar-refractivity contribution >= 4 is 22.6 Å². The van der Waals surface area contributed by atoms with Crippen LogP contribution in [-0.2, 0) is 4.79 Å². The van der Waals surface area contributed by atoms with Crippen LogP contribution in [0.4, 0.5) is 10.2 Å². The number of carbonyl (C=O) groups excluding carboxylic acids is 1. The molecule has 1 amide bonds. The van der Waals surface area contributed by atoms with Gasteiger partial charge < -0.3 is 10.1 Å². The van der Waals surface area contributed by atoms with E-state index < -0.39 is 0 Å². The van der Waals surface area contributed by atoms with Crippen molar-refractivity contribution in [2.45, 2.75) is 25.9 Å². The zero-order valence-corrected chi connectivity index (χ0v) is 16.8. The molecule has 0 bridgehead atoms. The summed E-state index contributed by atoms with van der Waals surface area (Å²) in [6.07, 6.45) is 6.21. The molecule has 3 aromatic rings. The molecule has 2 heterocycles. The quantitative estimate of drug-likeness (QED) is 0.679. The standard InChI is InChI=1S/C23H20FN5O2/c1-12(23(30)29-21-11-27-14(9-25)10-28-21)22-16-7-15(8-17(16)22)31-20-4-5-26-19-3-2-13(24)6-18(19)20/h2-6,10-12,15-17,22H,7-8H2,1H3,(H,28,29,30)/t12?,15-,16-,17+,22-. The minimum atomic E-state index is -0.313. The van der Waals surface area contributed by atoms with E-state index in [1.54, 1.807) is 18.3 Å². The lowest BCUT2D eigenvalue weighted by Crippen LogP contribution is -2.26. The molecule has 1 aromatic carbocycles. The van der Waals surface area contributed by atoms with Crippen molar-refractivity contribution in [2.24, 2.45) is 23.7 Å². The van der Waals surface area contributed by atoms with Gasteiger partial charge in [-0.25, -0.2) is 14.4 Å². The minimum Gasteiger partial charge on any atom is -0.490 e. The Balaban J connectivity index is 1.19. The molecule has 5 rings (SSSR count). The zero-order chi connectivity index (χ0) is 21.5. The number of benzene rings is 1. The molecule has 2 aromatic heterocycles. The largest absolute Gasteiger partial charge is 0.490 e. The van der Waals surface area contributed by atoms with Crippen LogP contribution in [0.25, 0.3) is 10.9 Å². The lowest BCUT2D eigenvalue weighted by molar-refractivity contribution is -0.120. The van der Waals surface area contributed by atoms with Crippen LogP contribution in [0.3, 0.4) is 0 Å². The van der Waals surface area contributed by atoms with Gasteiger partial charge in [-0.05, 0) is 54.9 Å². The Morgan fingerprint density at radius 1 is 1.23 bits per heavy atom. The van der Waals surface area contributed by atoms with E-state index in [2.05, 4.69) is 20.3 Å². The van der Waals surface area contributed by atoms with E-state index in [0.29, 0.717) is 40.2 Å². The summed E-state index contributed by atoms with van der Waals surface area (Å²) >= 11 is 0. The van der Waals surface area contributed by atoms with Gasteiger partial charge in [-0.3, -0.25) is 9.78 Å². The number of halogens is 1. The molecule has 2 aliphatic rings. The maximum atomic E-state index is 13.7. The number of nitrogens with one attached hydrogen (secondary N) is 1. The number of rotatable bonds is 5. The molecule has 2 aliphatic carbocycles. The maximum Gasteiger partial charge on any atom is 0.228 e. The smallest absolute Gasteiger partial charge is 0.228 e. The number of fused-ring (bicyclic) bond motifs is 2. The number of nitrogens with zero attached hydrogens (tertiary/aromatic N) is 4. The number of anilines is 1. The molecule has 156 valence electrons. The van der Waals surface area contributed by atoms with Crippen molar-refractivity contribution in [3.05, 3.63) is 54.4 Å². The van der Waals surface area contributed by atoms with Crippen LogP contribution in [0.5, 0.6) is 5.75 Å². The van der Waals surface area contributed by atoms with Crippen LogP contribution < -0.4 is 10.1 Å². The van der Waals surface area contributed by atoms with Gasteiger partial charge in [0.15, 0.2) is 11.5 Å². The Labute approximate surface area is 178 Å². The first-order valence-corrected chi connectivity index (χ1v) is 10.3. The lowest BCUT2D eigenvalue weighted by atomic mass is 9.97. The number of pyridine rings is 1. The van der Waals surface area contributed by atoms with Crippen molar-refractivity contribution < 1.29 is 13.9 Å². The number of ether oxygens (including phenoxy) is 1. The van der Waals surface area contributed by atoms with E-state index in [1.165, 1.54) is 24.5 Å². The van der Waals surface area contributed by atoms with Crippen LogP contribution in [0.1, 0.15) is 25.5 Å². The average molecular weight is 417 g/mol. The molecule has 0 aliphatic heterocycles. The maximum absolute atomic E-state index is 13.7. The molecule has 2 saturated carbocycles. The normalized spacial score (nSPS) is 24.8. The summed E-state index contributed by atoms with van der Waals surface area (Å²) in [5.74, 6) is 1.66. The predicted octanol–water partition coefficient (Wildman–Crippen LogP) is 3.71. The molecular formula is C23H20FN5O2. The Morgan fingerprint density at radius 3 is 2.74 bits per heavy atom. The van der Waals surface area contributed by atoms with Gasteiger partial charge in [0, 0.05) is 17.5 Å². The summed E-state index contributed by atoms with van der Waals surface area (Å²) in [6, 6.07) is 8.17. The summed E-state index contributed by atoms with van der Waals surface area (Å²) < 4.78 is 19.9. The highest BCUT2D eigenvalue weighted by Gasteiger charge is 2.59. The molecule has 31 heavy (non-hydrogen) atoms. The number of amides is 1. The minimum absolute atomic E-state index is 0.0553. The van der Waals surface area contributed by atoms with Gasteiger partial charge >= 0.3 is 0 Å². The van der Waals surface area contributed by atoms with Crippen molar-refractivity contribution in [3.63, 3.8) is 0 Å². The Kier molecular flexibility index (Phi) is 4.74. The lowest BCUT2D eigenvalue weighted by Gasteiger charge is -2.20. The second kappa shape index (κ2) is 7.58. The van der Waals surface area contributed by atoms with E-state index in [1.807, 2.05) is 13.0 Å². The molecular weight excluding hydrogens is 397 g/mol.